The number of ether oxygens (including phenoxy) is 1. The number of methoxy groups -OCH3 is 1. The number of aryl methyl sites for hydroxylation is 1. The van der Waals surface area contributed by atoms with Gasteiger partial charge in [0.15, 0.2) is 0 Å². The third kappa shape index (κ3) is 2.16. The van der Waals surface area contributed by atoms with E-state index in [1.54, 1.807) is 13.2 Å². The SMILES string of the molecule is COc1ccc(Cc2cc(N)on2)cc1C. The molecule has 0 aliphatic carbocycles. The number of rotatable bonds is 3. The van der Waals surface area contributed by atoms with Crippen LogP contribution in [0.5, 0.6) is 5.75 Å². The molecule has 1 aromatic heterocycles. The van der Waals surface area contributed by atoms with Crippen LogP contribution in [0.25, 0.3) is 0 Å². The summed E-state index contributed by atoms with van der Waals surface area (Å²) in [5, 5.41) is 3.85. The van der Waals surface area contributed by atoms with Crippen LogP contribution in [0, 0.1) is 6.92 Å². The molecule has 0 spiro atoms. The molecule has 0 radical (unpaired) electrons. The predicted molar refractivity (Wildman–Crippen MR) is 61.5 cm³/mol. The van der Waals surface area contributed by atoms with Crippen molar-refractivity contribution < 1.29 is 9.26 Å². The highest BCUT2D eigenvalue weighted by Gasteiger charge is 2.04. The highest BCUT2D eigenvalue weighted by Crippen LogP contribution is 2.20. The minimum atomic E-state index is 0.347. The summed E-state index contributed by atoms with van der Waals surface area (Å²) in [5.74, 6) is 1.24. The Hall–Kier alpha value is -1.97. The standard InChI is InChI=1S/C12H14N2O2/c1-8-5-9(3-4-11(8)15-2)6-10-7-12(13)16-14-10/h3-5,7H,6,13H2,1-2H3. The van der Waals surface area contributed by atoms with Crippen LogP contribution in [0.4, 0.5) is 5.88 Å². The largest absolute Gasteiger partial charge is 0.496 e. The topological polar surface area (TPSA) is 61.3 Å². The summed E-state index contributed by atoms with van der Waals surface area (Å²) in [5.41, 5.74) is 8.56. The molecule has 4 nitrogen and oxygen atoms in total. The van der Waals surface area contributed by atoms with Gasteiger partial charge >= 0.3 is 0 Å². The second kappa shape index (κ2) is 4.26. The lowest BCUT2D eigenvalue weighted by molar-refractivity contribution is 0.411. The smallest absolute Gasteiger partial charge is 0.222 e. The molecule has 4 heteroatoms. The van der Waals surface area contributed by atoms with Gasteiger partial charge in [0.1, 0.15) is 5.75 Å². The molecule has 0 unspecified atom stereocenters. The number of nitrogen functional groups attached to an aromatic ring is 1. The van der Waals surface area contributed by atoms with Gasteiger partial charge in [-0.3, -0.25) is 0 Å². The molecule has 0 saturated carbocycles. The Morgan fingerprint density at radius 3 is 2.75 bits per heavy atom. The molecule has 0 amide bonds. The van der Waals surface area contributed by atoms with Crippen LogP contribution < -0.4 is 10.5 Å². The van der Waals surface area contributed by atoms with E-state index in [0.717, 1.165) is 22.6 Å². The second-order valence-corrected chi connectivity index (χ2v) is 3.70. The summed E-state index contributed by atoms with van der Waals surface area (Å²) in [6.45, 7) is 2.01. The maximum Gasteiger partial charge on any atom is 0.222 e. The van der Waals surface area contributed by atoms with E-state index in [2.05, 4.69) is 11.2 Å². The summed E-state index contributed by atoms with van der Waals surface area (Å²) in [4.78, 5) is 0. The van der Waals surface area contributed by atoms with Crippen molar-refractivity contribution in [2.75, 3.05) is 12.8 Å². The van der Waals surface area contributed by atoms with E-state index in [0.29, 0.717) is 12.3 Å². The van der Waals surface area contributed by atoms with Crippen molar-refractivity contribution in [3.8, 4) is 5.75 Å². The lowest BCUT2D eigenvalue weighted by atomic mass is 10.1. The van der Waals surface area contributed by atoms with Crippen molar-refractivity contribution in [3.05, 3.63) is 41.1 Å². The van der Waals surface area contributed by atoms with Crippen molar-refractivity contribution >= 4 is 5.88 Å². The highest BCUT2D eigenvalue weighted by atomic mass is 16.5. The van der Waals surface area contributed by atoms with Gasteiger partial charge in [-0.2, -0.15) is 0 Å². The number of nitrogens with zero attached hydrogens (tertiary/aromatic N) is 1. The Labute approximate surface area is 94.0 Å². The van der Waals surface area contributed by atoms with Gasteiger partial charge in [0.25, 0.3) is 0 Å². The van der Waals surface area contributed by atoms with Crippen LogP contribution in [-0.4, -0.2) is 12.3 Å². The van der Waals surface area contributed by atoms with E-state index in [4.69, 9.17) is 15.0 Å². The number of aromatic nitrogens is 1. The van der Waals surface area contributed by atoms with E-state index >= 15 is 0 Å². The molecule has 1 heterocycles. The highest BCUT2D eigenvalue weighted by molar-refractivity contribution is 5.38. The van der Waals surface area contributed by atoms with Crippen molar-refractivity contribution in [3.63, 3.8) is 0 Å². The number of hydrogen-bond acceptors (Lipinski definition) is 4. The first-order valence-corrected chi connectivity index (χ1v) is 5.03. The van der Waals surface area contributed by atoms with Crippen molar-refractivity contribution in [2.45, 2.75) is 13.3 Å². The zero-order valence-corrected chi connectivity index (χ0v) is 9.36. The van der Waals surface area contributed by atoms with E-state index < -0.39 is 0 Å². The first kappa shape index (κ1) is 10.5. The Kier molecular flexibility index (Phi) is 2.81. The van der Waals surface area contributed by atoms with Gasteiger partial charge in [0, 0.05) is 12.5 Å². The molecule has 0 saturated heterocycles. The van der Waals surface area contributed by atoms with Crippen LogP contribution >= 0.6 is 0 Å². The monoisotopic (exact) mass is 218 g/mol. The minimum absolute atomic E-state index is 0.347. The maximum absolute atomic E-state index is 5.46. The van der Waals surface area contributed by atoms with Crippen LogP contribution in [0.3, 0.4) is 0 Å². The molecular weight excluding hydrogens is 204 g/mol. The van der Waals surface area contributed by atoms with Crippen LogP contribution in [-0.2, 0) is 6.42 Å². The van der Waals surface area contributed by atoms with E-state index in [1.807, 2.05) is 19.1 Å². The quantitative estimate of drug-likeness (QED) is 0.857. The Bertz CT molecular complexity index is 492. The fourth-order valence-electron chi connectivity index (χ4n) is 1.67. The molecule has 1 aromatic carbocycles. The number of anilines is 1. The van der Waals surface area contributed by atoms with Gasteiger partial charge in [-0.05, 0) is 24.1 Å². The van der Waals surface area contributed by atoms with Crippen LogP contribution in [0.1, 0.15) is 16.8 Å². The fraction of sp³-hybridized carbons (Fsp3) is 0.250. The average Bonchev–Trinajstić information content (AvgIpc) is 2.64. The van der Waals surface area contributed by atoms with Gasteiger partial charge < -0.3 is 15.0 Å². The molecular formula is C12H14N2O2. The van der Waals surface area contributed by atoms with Gasteiger partial charge in [-0.1, -0.05) is 17.3 Å². The van der Waals surface area contributed by atoms with Crippen LogP contribution in [0.15, 0.2) is 28.8 Å². The summed E-state index contributed by atoms with van der Waals surface area (Å²) >= 11 is 0. The van der Waals surface area contributed by atoms with Gasteiger partial charge in [-0.15, -0.1) is 0 Å². The van der Waals surface area contributed by atoms with Gasteiger partial charge in [-0.25, -0.2) is 0 Å². The molecule has 0 atom stereocenters. The van der Waals surface area contributed by atoms with Crippen molar-refractivity contribution in [2.24, 2.45) is 0 Å². The third-order valence-electron chi connectivity index (χ3n) is 2.42. The molecule has 2 rings (SSSR count). The first-order valence-electron chi connectivity index (χ1n) is 5.03. The van der Waals surface area contributed by atoms with Crippen LogP contribution in [0.2, 0.25) is 0 Å². The third-order valence-corrected chi connectivity index (χ3v) is 2.42. The van der Waals surface area contributed by atoms with E-state index in [9.17, 15) is 0 Å². The summed E-state index contributed by atoms with van der Waals surface area (Å²) in [7, 11) is 1.67. The Balaban J connectivity index is 2.19. The zero-order chi connectivity index (χ0) is 11.5. The molecule has 0 aliphatic rings. The molecule has 16 heavy (non-hydrogen) atoms. The molecule has 2 N–H and O–H groups in total. The normalized spacial score (nSPS) is 10.4. The molecule has 2 aromatic rings. The summed E-state index contributed by atoms with van der Waals surface area (Å²) in [6, 6.07) is 7.77. The Morgan fingerprint density at radius 1 is 1.38 bits per heavy atom. The zero-order valence-electron chi connectivity index (χ0n) is 9.36. The molecule has 0 bridgehead atoms. The summed E-state index contributed by atoms with van der Waals surface area (Å²) < 4.78 is 10.0. The Morgan fingerprint density at radius 2 is 2.19 bits per heavy atom. The van der Waals surface area contributed by atoms with Crippen molar-refractivity contribution in [1.29, 1.82) is 0 Å². The maximum atomic E-state index is 5.46. The number of benzene rings is 1. The lowest BCUT2D eigenvalue weighted by Gasteiger charge is -2.05. The van der Waals surface area contributed by atoms with Gasteiger partial charge in [0.2, 0.25) is 5.88 Å². The average molecular weight is 218 g/mol. The summed E-state index contributed by atoms with van der Waals surface area (Å²) in [6.07, 6.45) is 0.714. The van der Waals surface area contributed by atoms with E-state index in [1.165, 1.54) is 0 Å². The molecule has 84 valence electrons. The first-order chi connectivity index (χ1) is 7.69. The predicted octanol–water partition coefficient (Wildman–Crippen LogP) is 2.16. The fourth-order valence-corrected chi connectivity index (χ4v) is 1.67. The van der Waals surface area contributed by atoms with Gasteiger partial charge in [0.05, 0.1) is 12.8 Å². The molecule has 0 aliphatic heterocycles. The number of nitrogens with two attached hydrogens (primary N) is 1. The van der Waals surface area contributed by atoms with E-state index in [-0.39, 0.29) is 0 Å². The minimum Gasteiger partial charge on any atom is -0.496 e. The van der Waals surface area contributed by atoms with Crippen molar-refractivity contribution in [1.82, 2.24) is 5.16 Å². The molecule has 0 fully saturated rings. The number of hydrogen-bond donors (Lipinski definition) is 1. The lowest BCUT2D eigenvalue weighted by Crippen LogP contribution is -1.92. The second-order valence-electron chi connectivity index (χ2n) is 3.70.